The summed E-state index contributed by atoms with van der Waals surface area (Å²) in [6.45, 7) is 7.50. The first kappa shape index (κ1) is 63.0. The molecule has 0 aromatic heterocycles. The number of carboxylic acid groups (broad SMARTS) is 1. The first-order valence-corrected chi connectivity index (χ1v) is 28.7. The van der Waals surface area contributed by atoms with Gasteiger partial charge in [-0.3, -0.25) is 9.59 Å². The average molecular weight is 1110 g/mol. The number of hydrogen-bond donors (Lipinski definition) is 2. The minimum absolute atomic E-state index is 0.206. The van der Waals surface area contributed by atoms with Gasteiger partial charge in [0.25, 0.3) is 0 Å². The monoisotopic (exact) mass is 1110 g/mol. The van der Waals surface area contributed by atoms with Crippen molar-refractivity contribution in [1.82, 2.24) is 0 Å². The predicted molar refractivity (Wildman–Crippen MR) is 332 cm³/mol. The van der Waals surface area contributed by atoms with Gasteiger partial charge >= 0.3 is 11.9 Å². The van der Waals surface area contributed by atoms with Crippen LogP contribution in [0.3, 0.4) is 0 Å². The van der Waals surface area contributed by atoms with Gasteiger partial charge < -0.3 is 14.9 Å². The first-order valence-electron chi connectivity index (χ1n) is 28.7. The molecule has 0 saturated heterocycles. The second-order valence-electron chi connectivity index (χ2n) is 20.5. The van der Waals surface area contributed by atoms with Crippen molar-refractivity contribution in [3.8, 4) is 68.1 Å². The number of ether oxygens (including phenoxy) is 1. The second kappa shape index (κ2) is 34.8. The molecule has 9 heteroatoms. The van der Waals surface area contributed by atoms with Gasteiger partial charge in [0.05, 0.1) is 23.3 Å². The molecular weight excluding hydrogens is 1030 g/mol. The summed E-state index contributed by atoms with van der Waals surface area (Å²) >= 11 is 0. The Morgan fingerprint density at radius 2 is 0.783 bits per heavy atom. The van der Waals surface area contributed by atoms with Crippen LogP contribution in [0.15, 0.2) is 207 Å². The molecule has 7 nitrogen and oxygen atoms in total. The van der Waals surface area contributed by atoms with E-state index < -0.39 is 5.97 Å². The molecule has 0 amide bonds. The largest absolute Gasteiger partial charge is 0.508 e. The lowest BCUT2D eigenvalue weighted by atomic mass is 9.99. The molecule has 424 valence electrons. The fourth-order valence-corrected chi connectivity index (χ4v) is 9.43. The lowest BCUT2D eigenvalue weighted by Crippen LogP contribution is -2.07. The standard InChI is InChI=1S/C37H36FNO2.C21H22FNO2.C16H16O/c1-2-3-9-28-12-17-31(18-13-28)32-21-23-34(24-22-32)41-37(40)11-8-6-4-5-7-10-29-16-25-35(36(38)26-29)33-19-14-30(27-39)15-20-33;22-20-14-16(6-4-2-1-3-5-7-21(24)25)10-13-19(20)18-11-8-17(15-23)9-12-18;1-2-3-4-13-5-7-14(8-6-13)15-9-11-16(17)12-10-15/h2,12-26H,1,3-11H2;8-14H,1-7H2,(H,24,25);2,5-12,17H,1,3-4H2. The number of carbonyl (C=O) groups excluding carboxylic acids is 1. The van der Waals surface area contributed by atoms with Gasteiger partial charge in [-0.05, 0) is 181 Å². The summed E-state index contributed by atoms with van der Waals surface area (Å²) < 4.78 is 34.5. The smallest absolute Gasteiger partial charge is 0.311 e. The van der Waals surface area contributed by atoms with Crippen molar-refractivity contribution in [3.63, 3.8) is 0 Å². The zero-order valence-electron chi connectivity index (χ0n) is 47.4. The SMILES string of the molecule is C=CCCc1ccc(-c2ccc(O)cc2)cc1.C=CCCc1ccc(-c2ccc(OC(=O)CCCCCCCc3ccc(-c4ccc(C#N)cc4)c(F)c3)cc2)cc1.N#Cc1ccc(-c2ccc(CCCCCCCC(=O)O)cc2F)cc1. The van der Waals surface area contributed by atoms with E-state index in [9.17, 15) is 23.5 Å². The van der Waals surface area contributed by atoms with Crippen LogP contribution in [-0.2, 0) is 35.3 Å². The van der Waals surface area contributed by atoms with E-state index in [1.165, 1.54) is 16.7 Å². The van der Waals surface area contributed by atoms with Crippen molar-refractivity contribution in [1.29, 1.82) is 10.5 Å². The topological polar surface area (TPSA) is 131 Å². The van der Waals surface area contributed by atoms with E-state index >= 15 is 0 Å². The number of halogens is 2. The number of hydrogen-bond acceptors (Lipinski definition) is 6. The maximum Gasteiger partial charge on any atom is 0.311 e. The molecule has 0 atom stereocenters. The number of benzene rings is 8. The summed E-state index contributed by atoms with van der Waals surface area (Å²) in [5.41, 5.74) is 12.8. The van der Waals surface area contributed by atoms with E-state index in [0.29, 0.717) is 40.2 Å². The van der Waals surface area contributed by atoms with Crippen LogP contribution in [0.2, 0.25) is 0 Å². The fourth-order valence-electron chi connectivity index (χ4n) is 9.43. The third-order valence-electron chi connectivity index (χ3n) is 14.2. The summed E-state index contributed by atoms with van der Waals surface area (Å²) in [5, 5.41) is 35.6. The van der Waals surface area contributed by atoms with E-state index in [1.807, 2.05) is 66.7 Å². The van der Waals surface area contributed by atoms with Crippen molar-refractivity contribution < 1.29 is 33.3 Å². The second-order valence-corrected chi connectivity index (χ2v) is 20.5. The summed E-state index contributed by atoms with van der Waals surface area (Å²) in [6.07, 6.45) is 19.6. The predicted octanol–water partition coefficient (Wildman–Crippen LogP) is 19.1. The molecule has 0 saturated carbocycles. The number of aromatic hydroxyl groups is 1. The van der Waals surface area contributed by atoms with Crippen LogP contribution in [0.1, 0.15) is 123 Å². The summed E-state index contributed by atoms with van der Waals surface area (Å²) in [6, 6.07) is 60.6. The molecule has 8 rings (SSSR count). The summed E-state index contributed by atoms with van der Waals surface area (Å²) in [5.74, 6) is -0.562. The molecule has 0 aliphatic rings. The van der Waals surface area contributed by atoms with E-state index in [0.717, 1.165) is 142 Å². The Kier molecular flexibility index (Phi) is 26.5. The Morgan fingerprint density at radius 3 is 1.17 bits per heavy atom. The zero-order valence-corrected chi connectivity index (χ0v) is 47.4. The molecule has 0 unspecified atom stereocenters. The van der Waals surface area contributed by atoms with Crippen molar-refractivity contribution in [3.05, 3.63) is 252 Å². The Hall–Kier alpha value is -9.18. The van der Waals surface area contributed by atoms with Crippen LogP contribution in [-0.4, -0.2) is 22.2 Å². The van der Waals surface area contributed by atoms with Crippen LogP contribution in [0, 0.1) is 34.3 Å². The fraction of sp³-hybridized carbons (Fsp3) is 0.243. The number of phenolic OH excluding ortho intramolecular Hbond substituents is 1. The number of phenols is 1. The molecule has 0 aliphatic carbocycles. The molecule has 0 bridgehead atoms. The molecule has 0 spiro atoms. The molecular formula is C74H74F2N2O5. The molecule has 0 heterocycles. The molecule has 8 aromatic carbocycles. The van der Waals surface area contributed by atoms with E-state index in [4.69, 9.17) is 20.4 Å². The van der Waals surface area contributed by atoms with Crippen LogP contribution >= 0.6 is 0 Å². The number of rotatable bonds is 27. The van der Waals surface area contributed by atoms with Gasteiger partial charge in [-0.25, -0.2) is 8.78 Å². The highest BCUT2D eigenvalue weighted by Gasteiger charge is 2.10. The highest BCUT2D eigenvalue weighted by molar-refractivity contribution is 5.73. The van der Waals surface area contributed by atoms with Gasteiger partial charge in [0.15, 0.2) is 0 Å². The number of aryl methyl sites for hydroxylation is 4. The quantitative estimate of drug-likeness (QED) is 0.0227. The summed E-state index contributed by atoms with van der Waals surface area (Å²) in [7, 11) is 0. The van der Waals surface area contributed by atoms with Crippen LogP contribution in [0.4, 0.5) is 8.78 Å². The van der Waals surface area contributed by atoms with Gasteiger partial charge in [-0.2, -0.15) is 10.5 Å². The maximum atomic E-state index is 14.7. The van der Waals surface area contributed by atoms with Gasteiger partial charge in [-0.15, -0.1) is 13.2 Å². The number of esters is 1. The average Bonchev–Trinajstić information content (AvgIpc) is 3.58. The number of nitrogens with zero attached hydrogens (tertiary/aromatic N) is 2. The zero-order chi connectivity index (χ0) is 59.0. The third-order valence-corrected chi connectivity index (χ3v) is 14.2. The van der Waals surface area contributed by atoms with Gasteiger partial charge in [0, 0.05) is 24.0 Å². The molecule has 0 radical (unpaired) electrons. The lowest BCUT2D eigenvalue weighted by molar-refractivity contribution is -0.137. The van der Waals surface area contributed by atoms with Gasteiger partial charge in [0.2, 0.25) is 0 Å². The highest BCUT2D eigenvalue weighted by Crippen LogP contribution is 2.28. The Balaban J connectivity index is 0.000000222. The molecule has 0 fully saturated rings. The maximum absolute atomic E-state index is 14.7. The normalized spacial score (nSPS) is 10.5. The molecule has 83 heavy (non-hydrogen) atoms. The Labute approximate surface area is 489 Å². The van der Waals surface area contributed by atoms with E-state index in [2.05, 4.69) is 73.8 Å². The van der Waals surface area contributed by atoms with Crippen LogP contribution < -0.4 is 4.74 Å². The molecule has 2 N–H and O–H groups in total. The highest BCUT2D eigenvalue weighted by atomic mass is 19.1. The minimum atomic E-state index is -0.738. The summed E-state index contributed by atoms with van der Waals surface area (Å²) in [4.78, 5) is 22.7. The van der Waals surface area contributed by atoms with Crippen LogP contribution in [0.25, 0.3) is 44.5 Å². The Bertz CT molecular complexity index is 3380. The van der Waals surface area contributed by atoms with Crippen LogP contribution in [0.5, 0.6) is 11.5 Å². The number of carboxylic acids is 1. The number of allylic oxidation sites excluding steroid dienone is 2. The first-order chi connectivity index (χ1) is 40.4. The van der Waals surface area contributed by atoms with Crippen molar-refractivity contribution >= 4 is 11.9 Å². The lowest BCUT2D eigenvalue weighted by Gasteiger charge is -2.08. The molecule has 8 aromatic rings. The Morgan fingerprint density at radius 1 is 0.434 bits per heavy atom. The minimum Gasteiger partial charge on any atom is -0.508 e. The number of carbonyl (C=O) groups is 2. The molecule has 0 aliphatic heterocycles. The number of unbranched alkanes of at least 4 members (excludes halogenated alkanes) is 8. The van der Waals surface area contributed by atoms with Crippen molar-refractivity contribution in [2.45, 2.75) is 116 Å². The third kappa shape index (κ3) is 22.0. The van der Waals surface area contributed by atoms with E-state index in [-0.39, 0.29) is 24.0 Å². The number of nitriles is 2. The van der Waals surface area contributed by atoms with Crippen molar-refractivity contribution in [2.75, 3.05) is 0 Å². The number of aliphatic carboxylic acids is 1. The van der Waals surface area contributed by atoms with Crippen molar-refractivity contribution in [2.24, 2.45) is 0 Å². The van der Waals surface area contributed by atoms with Gasteiger partial charge in [0.1, 0.15) is 23.1 Å². The van der Waals surface area contributed by atoms with Gasteiger partial charge in [-0.1, -0.05) is 172 Å². The van der Waals surface area contributed by atoms with E-state index in [1.54, 1.807) is 78.9 Å².